The van der Waals surface area contributed by atoms with Crippen LogP contribution in [0.1, 0.15) is 44.9 Å². The van der Waals surface area contributed by atoms with Crippen LogP contribution in [-0.2, 0) is 18.0 Å². The maximum absolute atomic E-state index is 11.2. The van der Waals surface area contributed by atoms with E-state index in [9.17, 15) is 9.13 Å². The van der Waals surface area contributed by atoms with Gasteiger partial charge in [-0.25, -0.2) is 9.13 Å². The van der Waals surface area contributed by atoms with E-state index < -0.39 is 21.9 Å². The minimum absolute atomic E-state index is 0.298. The van der Waals surface area contributed by atoms with Crippen molar-refractivity contribution >= 4 is 15.6 Å². The lowest BCUT2D eigenvalue weighted by Crippen LogP contribution is -2.22. The van der Waals surface area contributed by atoms with Crippen molar-refractivity contribution in [3.8, 4) is 0 Å². The van der Waals surface area contributed by atoms with Gasteiger partial charge < -0.3 is 26.1 Å². The molecule has 7 N–H and O–H groups in total. The van der Waals surface area contributed by atoms with Crippen LogP contribution in [0.5, 0.6) is 0 Å². The molecule has 2 atom stereocenters. The first-order valence-corrected chi connectivity index (χ1v) is 9.42. The first-order chi connectivity index (χ1) is 9.16. The summed E-state index contributed by atoms with van der Waals surface area (Å²) < 4.78 is 29.6. The third-order valence-electron chi connectivity index (χ3n) is 2.42. The summed E-state index contributed by atoms with van der Waals surface area (Å²) >= 11 is 0. The normalized spacial score (nSPS) is 16.9. The average molecular weight is 334 g/mol. The Morgan fingerprint density at radius 3 is 1.95 bits per heavy atom. The number of nitrogens with two attached hydrogens (primary N) is 2. The average Bonchev–Trinajstić information content (AvgIpc) is 2.23. The van der Waals surface area contributed by atoms with Crippen LogP contribution >= 0.6 is 15.6 Å². The molecule has 0 spiro atoms. The molecule has 0 rings (SSSR count). The predicted octanol–water partition coefficient (Wildman–Crippen LogP) is 1.19. The van der Waals surface area contributed by atoms with Gasteiger partial charge in [0.15, 0.2) is 0 Å². The highest BCUT2D eigenvalue weighted by Crippen LogP contribution is 2.58. The molecule has 0 fully saturated rings. The van der Waals surface area contributed by atoms with Gasteiger partial charge in [0.2, 0.25) is 0 Å². The number of unbranched alkanes of at least 4 members (excludes halogenated alkanes) is 5. The largest absolute Gasteiger partial charge is 0.482 e. The highest BCUT2D eigenvalue weighted by atomic mass is 31.3. The summed E-state index contributed by atoms with van der Waals surface area (Å²) in [7, 11) is -9.94. The van der Waals surface area contributed by atoms with Crippen molar-refractivity contribution in [2.24, 2.45) is 11.5 Å². The SMILES string of the molecule is NCCCCCCCCC(N)OP(=O)(O)OP(=O)(O)O. The summed E-state index contributed by atoms with van der Waals surface area (Å²) in [5.74, 6) is 0. The fourth-order valence-electron chi connectivity index (χ4n) is 1.57. The Hall–Kier alpha value is 0.180. The van der Waals surface area contributed by atoms with Gasteiger partial charge in [0.25, 0.3) is 0 Å². The predicted molar refractivity (Wildman–Crippen MR) is 73.4 cm³/mol. The molecule has 0 aliphatic heterocycles. The molecule has 122 valence electrons. The van der Waals surface area contributed by atoms with Crippen LogP contribution in [-0.4, -0.2) is 27.5 Å². The molecule has 0 saturated carbocycles. The summed E-state index contributed by atoms with van der Waals surface area (Å²) in [6, 6.07) is 0. The highest BCUT2D eigenvalue weighted by molar-refractivity contribution is 7.60. The van der Waals surface area contributed by atoms with Crippen LogP contribution in [0, 0.1) is 0 Å². The quantitative estimate of drug-likeness (QED) is 0.200. The number of phosphoric acid groups is 2. The molecule has 0 aromatic carbocycles. The van der Waals surface area contributed by atoms with E-state index in [1.54, 1.807) is 0 Å². The van der Waals surface area contributed by atoms with Crippen LogP contribution in [0.2, 0.25) is 0 Å². The highest BCUT2D eigenvalue weighted by Gasteiger charge is 2.33. The second-order valence-corrected chi connectivity index (χ2v) is 7.17. The zero-order valence-corrected chi connectivity index (χ0v) is 13.0. The molecule has 0 radical (unpaired) electrons. The molecule has 2 unspecified atom stereocenters. The maximum atomic E-state index is 11.2. The zero-order valence-electron chi connectivity index (χ0n) is 11.3. The van der Waals surface area contributed by atoms with E-state index in [1.807, 2.05) is 0 Å². The Balaban J connectivity index is 3.75. The van der Waals surface area contributed by atoms with Gasteiger partial charge in [-0.2, -0.15) is 4.31 Å². The smallest absolute Gasteiger partial charge is 0.330 e. The van der Waals surface area contributed by atoms with Gasteiger partial charge in [-0.05, 0) is 25.8 Å². The van der Waals surface area contributed by atoms with Gasteiger partial charge in [0, 0.05) is 0 Å². The molecule has 0 saturated heterocycles. The van der Waals surface area contributed by atoms with Crippen molar-refractivity contribution in [3.63, 3.8) is 0 Å². The van der Waals surface area contributed by atoms with Crippen LogP contribution in [0.4, 0.5) is 0 Å². The van der Waals surface area contributed by atoms with Crippen molar-refractivity contribution < 1.29 is 32.6 Å². The Labute approximate surface area is 118 Å². The topological polar surface area (TPSA) is 165 Å². The van der Waals surface area contributed by atoms with E-state index >= 15 is 0 Å². The lowest BCUT2D eigenvalue weighted by Gasteiger charge is -2.17. The summed E-state index contributed by atoms with van der Waals surface area (Å²) in [4.78, 5) is 25.9. The van der Waals surface area contributed by atoms with E-state index in [0.717, 1.165) is 32.1 Å². The third-order valence-corrected chi connectivity index (χ3v) is 4.63. The molecule has 0 aromatic rings. The van der Waals surface area contributed by atoms with Gasteiger partial charge in [-0.1, -0.05) is 25.7 Å². The van der Waals surface area contributed by atoms with Crippen LogP contribution in [0.15, 0.2) is 0 Å². The van der Waals surface area contributed by atoms with Crippen LogP contribution in [0.3, 0.4) is 0 Å². The maximum Gasteiger partial charge on any atom is 0.482 e. The van der Waals surface area contributed by atoms with Crippen molar-refractivity contribution in [1.29, 1.82) is 0 Å². The lowest BCUT2D eigenvalue weighted by atomic mass is 10.1. The minimum Gasteiger partial charge on any atom is -0.330 e. The standard InChI is InChI=1S/C9H24N2O7P2/c10-8-6-4-2-1-3-5-7-9(11)17-20(15,16)18-19(12,13)14/h9H,1-8,10-11H2,(H,15,16)(H2,12,13,14). The first-order valence-electron chi connectivity index (χ1n) is 6.40. The summed E-state index contributed by atoms with van der Waals surface area (Å²) in [6.07, 6.45) is 4.89. The second kappa shape index (κ2) is 10.00. The summed E-state index contributed by atoms with van der Waals surface area (Å²) in [5.41, 5.74) is 10.8. The van der Waals surface area contributed by atoms with E-state index in [-0.39, 0.29) is 0 Å². The molecular formula is C9H24N2O7P2. The fraction of sp³-hybridized carbons (Fsp3) is 1.00. The molecule has 0 aromatic heterocycles. The molecule has 0 aliphatic carbocycles. The second-order valence-electron chi connectivity index (χ2n) is 4.38. The fourth-order valence-corrected chi connectivity index (χ4v) is 3.25. The number of phosphoric ester groups is 1. The molecule has 0 heterocycles. The molecule has 0 bridgehead atoms. The van der Waals surface area contributed by atoms with E-state index in [4.69, 9.17) is 26.1 Å². The zero-order chi connectivity index (χ0) is 15.6. The summed E-state index contributed by atoms with van der Waals surface area (Å²) in [6.45, 7) is 0.685. The molecule has 11 heteroatoms. The van der Waals surface area contributed by atoms with Crippen molar-refractivity contribution in [2.75, 3.05) is 6.54 Å². The van der Waals surface area contributed by atoms with Crippen LogP contribution < -0.4 is 11.5 Å². The lowest BCUT2D eigenvalue weighted by molar-refractivity contribution is 0.123. The van der Waals surface area contributed by atoms with E-state index in [0.29, 0.717) is 19.4 Å². The Kier molecular flexibility index (Phi) is 10.1. The van der Waals surface area contributed by atoms with E-state index in [2.05, 4.69) is 8.83 Å². The first kappa shape index (κ1) is 20.2. The van der Waals surface area contributed by atoms with Crippen LogP contribution in [0.25, 0.3) is 0 Å². The third kappa shape index (κ3) is 13.2. The Morgan fingerprint density at radius 2 is 1.45 bits per heavy atom. The van der Waals surface area contributed by atoms with E-state index in [1.165, 1.54) is 0 Å². The van der Waals surface area contributed by atoms with Gasteiger partial charge in [0.05, 0.1) is 0 Å². The van der Waals surface area contributed by atoms with Gasteiger partial charge in [-0.3, -0.25) is 4.52 Å². The molecule has 0 aliphatic rings. The molecule has 0 amide bonds. The molecule has 20 heavy (non-hydrogen) atoms. The summed E-state index contributed by atoms with van der Waals surface area (Å²) in [5, 5.41) is 0. The molecular weight excluding hydrogens is 310 g/mol. The Morgan fingerprint density at radius 1 is 0.950 bits per heavy atom. The van der Waals surface area contributed by atoms with Gasteiger partial charge in [-0.15, -0.1) is 0 Å². The number of hydrogen-bond donors (Lipinski definition) is 5. The Bertz CT molecular complexity index is 349. The minimum atomic E-state index is -5.09. The number of rotatable bonds is 12. The van der Waals surface area contributed by atoms with Crippen molar-refractivity contribution in [3.05, 3.63) is 0 Å². The van der Waals surface area contributed by atoms with Gasteiger partial charge >= 0.3 is 15.6 Å². The molecule has 9 nitrogen and oxygen atoms in total. The number of hydrogen-bond acceptors (Lipinski definition) is 6. The monoisotopic (exact) mass is 334 g/mol. The van der Waals surface area contributed by atoms with Crippen molar-refractivity contribution in [2.45, 2.75) is 51.2 Å². The van der Waals surface area contributed by atoms with Gasteiger partial charge in [0.1, 0.15) is 6.23 Å². The van der Waals surface area contributed by atoms with Crippen molar-refractivity contribution in [1.82, 2.24) is 0 Å².